The smallest absolute Gasteiger partial charge is 0.240 e. The predicted molar refractivity (Wildman–Crippen MR) is 113 cm³/mol. The summed E-state index contributed by atoms with van der Waals surface area (Å²) in [7, 11) is -0.250. The molecule has 0 aromatic heterocycles. The van der Waals surface area contributed by atoms with Crippen LogP contribution in [0.4, 0.5) is 0 Å². The van der Waals surface area contributed by atoms with E-state index in [9.17, 15) is 8.42 Å². The van der Waals surface area contributed by atoms with E-state index in [1.807, 2.05) is 6.07 Å². The summed E-state index contributed by atoms with van der Waals surface area (Å²) < 4.78 is 26.1. The van der Waals surface area contributed by atoms with Gasteiger partial charge < -0.3 is 10.6 Å². The zero-order valence-electron chi connectivity index (χ0n) is 15.1. The van der Waals surface area contributed by atoms with Crippen molar-refractivity contribution in [2.75, 3.05) is 14.1 Å². The van der Waals surface area contributed by atoms with Crippen LogP contribution in [0.2, 0.25) is 0 Å². The molecule has 1 fully saturated rings. The summed E-state index contributed by atoms with van der Waals surface area (Å²) in [6.07, 6.45) is 4.83. The lowest BCUT2D eigenvalue weighted by Crippen LogP contribution is -2.44. The van der Waals surface area contributed by atoms with Crippen molar-refractivity contribution in [1.29, 1.82) is 0 Å². The molecular formula is C17H29IN4O2S. The third-order valence-electron chi connectivity index (χ3n) is 4.52. The summed E-state index contributed by atoms with van der Waals surface area (Å²) in [6.45, 7) is 2.82. The van der Waals surface area contributed by atoms with E-state index in [4.69, 9.17) is 0 Å². The fourth-order valence-corrected chi connectivity index (χ4v) is 3.72. The SMILES string of the molecule is CN=C(NCc1cccc(S(=O)(=O)NC)c1)NC1CCC(C)CC1.I. The highest BCUT2D eigenvalue weighted by molar-refractivity contribution is 14.0. The second-order valence-corrected chi connectivity index (χ2v) is 8.27. The second kappa shape index (κ2) is 10.3. The van der Waals surface area contributed by atoms with Gasteiger partial charge in [0, 0.05) is 19.6 Å². The Morgan fingerprint density at radius 2 is 1.92 bits per heavy atom. The second-order valence-electron chi connectivity index (χ2n) is 6.38. The Hall–Kier alpha value is -0.870. The molecule has 8 heteroatoms. The largest absolute Gasteiger partial charge is 0.354 e. The minimum atomic E-state index is -3.42. The van der Waals surface area contributed by atoms with E-state index < -0.39 is 10.0 Å². The number of nitrogens with one attached hydrogen (secondary N) is 3. The number of rotatable bonds is 5. The molecule has 2 rings (SSSR count). The lowest BCUT2D eigenvalue weighted by atomic mass is 9.87. The van der Waals surface area contributed by atoms with Crippen LogP contribution in [0, 0.1) is 5.92 Å². The first-order valence-electron chi connectivity index (χ1n) is 8.44. The maximum atomic E-state index is 11.9. The van der Waals surface area contributed by atoms with Gasteiger partial charge in [0.25, 0.3) is 0 Å². The molecular weight excluding hydrogens is 451 g/mol. The molecule has 1 saturated carbocycles. The lowest BCUT2D eigenvalue weighted by Gasteiger charge is -2.28. The van der Waals surface area contributed by atoms with Gasteiger partial charge in [-0.15, -0.1) is 24.0 Å². The van der Waals surface area contributed by atoms with Gasteiger partial charge in [-0.25, -0.2) is 13.1 Å². The number of sulfonamides is 1. The molecule has 1 aliphatic carbocycles. The van der Waals surface area contributed by atoms with E-state index in [0.717, 1.165) is 30.3 Å². The normalized spacial score (nSPS) is 21.3. The summed E-state index contributed by atoms with van der Waals surface area (Å²) in [5.74, 6) is 1.58. The van der Waals surface area contributed by atoms with E-state index in [1.54, 1.807) is 25.2 Å². The predicted octanol–water partition coefficient (Wildman–Crippen LogP) is 2.46. The summed E-state index contributed by atoms with van der Waals surface area (Å²) in [5.41, 5.74) is 0.895. The van der Waals surface area contributed by atoms with Gasteiger partial charge in [-0.05, 0) is 56.3 Å². The van der Waals surface area contributed by atoms with Crippen LogP contribution in [-0.4, -0.2) is 34.5 Å². The molecule has 1 aromatic rings. The first-order chi connectivity index (χ1) is 11.4. The zero-order chi connectivity index (χ0) is 17.6. The third-order valence-corrected chi connectivity index (χ3v) is 5.93. The number of nitrogens with zero attached hydrogens (tertiary/aromatic N) is 1. The molecule has 142 valence electrons. The van der Waals surface area contributed by atoms with Gasteiger partial charge in [-0.1, -0.05) is 19.1 Å². The van der Waals surface area contributed by atoms with Crippen molar-refractivity contribution < 1.29 is 8.42 Å². The van der Waals surface area contributed by atoms with Crippen LogP contribution in [0.3, 0.4) is 0 Å². The highest BCUT2D eigenvalue weighted by atomic mass is 127. The Bertz CT molecular complexity index is 671. The topological polar surface area (TPSA) is 82.6 Å². The van der Waals surface area contributed by atoms with Crippen LogP contribution in [0.1, 0.15) is 38.2 Å². The molecule has 0 heterocycles. The van der Waals surface area contributed by atoms with Gasteiger partial charge in [0.1, 0.15) is 0 Å². The molecule has 1 aromatic carbocycles. The minimum Gasteiger partial charge on any atom is -0.354 e. The Morgan fingerprint density at radius 1 is 1.24 bits per heavy atom. The number of hydrogen-bond donors (Lipinski definition) is 3. The molecule has 3 N–H and O–H groups in total. The maximum absolute atomic E-state index is 11.9. The molecule has 0 radical (unpaired) electrons. The average Bonchev–Trinajstić information content (AvgIpc) is 2.60. The van der Waals surface area contributed by atoms with Crippen LogP contribution >= 0.6 is 24.0 Å². The number of aliphatic imine (C=N–C) groups is 1. The average molecular weight is 480 g/mol. The van der Waals surface area contributed by atoms with Crippen LogP contribution in [0.5, 0.6) is 0 Å². The van der Waals surface area contributed by atoms with Gasteiger partial charge in [-0.2, -0.15) is 0 Å². The summed E-state index contributed by atoms with van der Waals surface area (Å²) in [6, 6.07) is 7.38. The van der Waals surface area contributed by atoms with Crippen molar-refractivity contribution >= 4 is 40.0 Å². The van der Waals surface area contributed by atoms with Gasteiger partial charge in [0.05, 0.1) is 4.90 Å². The lowest BCUT2D eigenvalue weighted by molar-refractivity contribution is 0.329. The summed E-state index contributed by atoms with van der Waals surface area (Å²) >= 11 is 0. The number of benzene rings is 1. The molecule has 0 aliphatic heterocycles. The quantitative estimate of drug-likeness (QED) is 0.344. The van der Waals surface area contributed by atoms with E-state index in [2.05, 4.69) is 27.3 Å². The molecule has 0 unspecified atom stereocenters. The van der Waals surface area contributed by atoms with Crippen LogP contribution in [0.25, 0.3) is 0 Å². The monoisotopic (exact) mass is 480 g/mol. The van der Waals surface area contributed by atoms with Gasteiger partial charge in [-0.3, -0.25) is 4.99 Å². The van der Waals surface area contributed by atoms with Crippen LogP contribution in [0.15, 0.2) is 34.2 Å². The number of hydrogen-bond acceptors (Lipinski definition) is 3. The van der Waals surface area contributed by atoms with Crippen molar-refractivity contribution in [3.05, 3.63) is 29.8 Å². The molecule has 0 bridgehead atoms. The van der Waals surface area contributed by atoms with Gasteiger partial charge in [0.2, 0.25) is 10.0 Å². The minimum absolute atomic E-state index is 0. The standard InChI is InChI=1S/C17H28N4O2S.HI/c1-13-7-9-15(10-8-13)21-17(18-2)20-12-14-5-4-6-16(11-14)24(22,23)19-3;/h4-6,11,13,15,19H,7-10,12H2,1-3H3,(H2,18,20,21);1H. The number of guanidine groups is 1. The molecule has 0 saturated heterocycles. The zero-order valence-corrected chi connectivity index (χ0v) is 18.2. The molecule has 0 amide bonds. The van der Waals surface area contributed by atoms with Crippen molar-refractivity contribution in [3.63, 3.8) is 0 Å². The van der Waals surface area contributed by atoms with Crippen LogP contribution < -0.4 is 15.4 Å². The molecule has 25 heavy (non-hydrogen) atoms. The number of halogens is 1. The van der Waals surface area contributed by atoms with E-state index in [-0.39, 0.29) is 28.9 Å². The fourth-order valence-electron chi connectivity index (χ4n) is 2.92. The van der Waals surface area contributed by atoms with Gasteiger partial charge >= 0.3 is 0 Å². The molecule has 0 atom stereocenters. The molecule has 6 nitrogen and oxygen atoms in total. The highest BCUT2D eigenvalue weighted by Crippen LogP contribution is 2.23. The van der Waals surface area contributed by atoms with Crippen molar-refractivity contribution in [1.82, 2.24) is 15.4 Å². The highest BCUT2D eigenvalue weighted by Gasteiger charge is 2.19. The fraction of sp³-hybridized carbons (Fsp3) is 0.588. The van der Waals surface area contributed by atoms with Crippen molar-refractivity contribution in [3.8, 4) is 0 Å². The third kappa shape index (κ3) is 6.74. The van der Waals surface area contributed by atoms with Gasteiger partial charge in [0.15, 0.2) is 5.96 Å². The van der Waals surface area contributed by atoms with Crippen molar-refractivity contribution in [2.24, 2.45) is 10.9 Å². The summed E-state index contributed by atoms with van der Waals surface area (Å²) in [4.78, 5) is 4.54. The van der Waals surface area contributed by atoms with Crippen LogP contribution in [-0.2, 0) is 16.6 Å². The summed E-state index contributed by atoms with van der Waals surface area (Å²) in [5, 5.41) is 6.73. The first kappa shape index (κ1) is 22.2. The Labute approximate surface area is 168 Å². The Morgan fingerprint density at radius 3 is 2.52 bits per heavy atom. The van der Waals surface area contributed by atoms with E-state index in [0.29, 0.717) is 12.6 Å². The van der Waals surface area contributed by atoms with Crippen molar-refractivity contribution in [2.45, 2.75) is 50.1 Å². The van der Waals surface area contributed by atoms with E-state index in [1.165, 1.54) is 19.9 Å². The Kier molecular flexibility index (Phi) is 9.15. The molecule has 1 aliphatic rings. The maximum Gasteiger partial charge on any atom is 0.240 e. The first-order valence-corrected chi connectivity index (χ1v) is 9.92. The Balaban J connectivity index is 0.00000312. The van der Waals surface area contributed by atoms with E-state index >= 15 is 0 Å². The molecule has 0 spiro atoms.